The molecule has 2 aromatic rings. The first-order valence-corrected chi connectivity index (χ1v) is 7.05. The number of hydrogen-bond acceptors (Lipinski definition) is 3. The topological polar surface area (TPSA) is 38.7 Å². The van der Waals surface area contributed by atoms with E-state index >= 15 is 0 Å². The van der Waals surface area contributed by atoms with Crippen LogP contribution in [-0.4, -0.2) is 19.3 Å². The highest BCUT2D eigenvalue weighted by Crippen LogP contribution is 2.34. The maximum absolute atomic E-state index is 10.7. The van der Waals surface area contributed by atoms with Crippen LogP contribution in [0.2, 0.25) is 0 Å². The van der Waals surface area contributed by atoms with Crippen molar-refractivity contribution in [3.8, 4) is 11.5 Å². The summed E-state index contributed by atoms with van der Waals surface area (Å²) in [6, 6.07) is 15.7. The van der Waals surface area contributed by atoms with Gasteiger partial charge >= 0.3 is 0 Å². The van der Waals surface area contributed by atoms with Gasteiger partial charge in [-0.25, -0.2) is 0 Å². The van der Waals surface area contributed by atoms with E-state index in [1.54, 1.807) is 14.2 Å². The van der Waals surface area contributed by atoms with Crippen molar-refractivity contribution in [2.24, 2.45) is 0 Å². The van der Waals surface area contributed by atoms with Gasteiger partial charge in [0.15, 0.2) is 11.5 Å². The lowest BCUT2D eigenvalue weighted by Gasteiger charge is -2.25. The fourth-order valence-electron chi connectivity index (χ4n) is 2.35. The van der Waals surface area contributed by atoms with Crippen LogP contribution in [-0.2, 0) is 12.0 Å². The van der Waals surface area contributed by atoms with Gasteiger partial charge in [0.2, 0.25) is 0 Å². The molecule has 0 unspecified atom stereocenters. The molecule has 0 amide bonds. The van der Waals surface area contributed by atoms with Gasteiger partial charge in [-0.15, -0.1) is 0 Å². The first-order chi connectivity index (χ1) is 10.1. The number of aliphatic hydroxyl groups is 1. The van der Waals surface area contributed by atoms with Crippen LogP contribution in [0.3, 0.4) is 0 Å². The molecule has 0 radical (unpaired) electrons. The highest BCUT2D eigenvalue weighted by atomic mass is 16.5. The van der Waals surface area contributed by atoms with Crippen LogP contribution in [0.5, 0.6) is 11.5 Å². The summed E-state index contributed by atoms with van der Waals surface area (Å²) in [6.07, 6.45) is 1.47. The van der Waals surface area contributed by atoms with Crippen molar-refractivity contribution >= 4 is 0 Å². The number of ether oxygens (including phenoxy) is 2. The van der Waals surface area contributed by atoms with E-state index in [0.29, 0.717) is 17.9 Å². The van der Waals surface area contributed by atoms with Gasteiger partial charge in [0.05, 0.1) is 19.8 Å². The van der Waals surface area contributed by atoms with E-state index in [4.69, 9.17) is 9.47 Å². The lowest BCUT2D eigenvalue weighted by atomic mass is 9.89. The van der Waals surface area contributed by atoms with Crippen molar-refractivity contribution < 1.29 is 14.6 Å². The third-order valence-corrected chi connectivity index (χ3v) is 3.75. The number of rotatable bonds is 6. The molecule has 2 aromatic carbocycles. The summed E-state index contributed by atoms with van der Waals surface area (Å²) in [5.41, 5.74) is 1.14. The van der Waals surface area contributed by atoms with E-state index in [0.717, 1.165) is 12.0 Å². The maximum atomic E-state index is 10.7. The summed E-state index contributed by atoms with van der Waals surface area (Å²) in [7, 11) is 3.20. The van der Waals surface area contributed by atoms with Crippen molar-refractivity contribution in [2.75, 3.05) is 14.2 Å². The van der Waals surface area contributed by atoms with E-state index in [1.165, 1.54) is 5.56 Å². The molecule has 0 heterocycles. The molecule has 0 bridgehead atoms. The third-order valence-electron chi connectivity index (χ3n) is 3.75. The Balaban J connectivity index is 2.15. The van der Waals surface area contributed by atoms with Crippen molar-refractivity contribution in [2.45, 2.75) is 25.4 Å². The maximum Gasteiger partial charge on any atom is 0.161 e. The second-order valence-electron chi connectivity index (χ2n) is 5.33. The normalized spacial score (nSPS) is 13.5. The zero-order valence-electron chi connectivity index (χ0n) is 12.8. The Bertz CT molecular complexity index is 576. The molecule has 0 aliphatic carbocycles. The van der Waals surface area contributed by atoms with Crippen LogP contribution in [0.1, 0.15) is 24.5 Å². The third kappa shape index (κ3) is 3.76. The highest BCUT2D eigenvalue weighted by molar-refractivity contribution is 5.44. The number of methoxy groups -OCH3 is 2. The Morgan fingerprint density at radius 1 is 0.952 bits per heavy atom. The van der Waals surface area contributed by atoms with Gasteiger partial charge in [0.1, 0.15) is 0 Å². The lowest BCUT2D eigenvalue weighted by molar-refractivity contribution is 0.0478. The molecular formula is C18H22O3. The Labute approximate surface area is 126 Å². The summed E-state index contributed by atoms with van der Waals surface area (Å²) in [5, 5.41) is 10.7. The van der Waals surface area contributed by atoms with Crippen LogP contribution >= 0.6 is 0 Å². The number of benzene rings is 2. The first-order valence-electron chi connectivity index (χ1n) is 7.05. The molecule has 2 rings (SSSR count). The zero-order valence-corrected chi connectivity index (χ0v) is 12.8. The smallest absolute Gasteiger partial charge is 0.161 e. The van der Waals surface area contributed by atoms with Crippen molar-refractivity contribution in [1.82, 2.24) is 0 Å². The SMILES string of the molecule is COc1ccc([C@@](C)(O)CCc2ccccc2)cc1OC. The average molecular weight is 286 g/mol. The minimum absolute atomic E-state index is 0.634. The summed E-state index contributed by atoms with van der Waals surface area (Å²) in [5.74, 6) is 1.30. The van der Waals surface area contributed by atoms with Gasteiger partial charge in [0, 0.05) is 0 Å². The van der Waals surface area contributed by atoms with E-state index < -0.39 is 5.60 Å². The van der Waals surface area contributed by atoms with Gasteiger partial charge in [0.25, 0.3) is 0 Å². The molecule has 112 valence electrons. The standard InChI is InChI=1S/C18H22O3/c1-18(19,12-11-14-7-5-4-6-8-14)15-9-10-16(20-2)17(13-15)21-3/h4-10,13,19H,11-12H2,1-3H3/t18-/m0/s1. The molecule has 0 aromatic heterocycles. The predicted molar refractivity (Wildman–Crippen MR) is 83.9 cm³/mol. The van der Waals surface area contributed by atoms with Gasteiger partial charge in [-0.05, 0) is 43.0 Å². The molecular weight excluding hydrogens is 264 g/mol. The fraction of sp³-hybridized carbons (Fsp3) is 0.333. The average Bonchev–Trinajstić information content (AvgIpc) is 2.53. The van der Waals surface area contributed by atoms with E-state index in [9.17, 15) is 5.11 Å². The summed E-state index contributed by atoms with van der Waals surface area (Å²) >= 11 is 0. The minimum Gasteiger partial charge on any atom is -0.493 e. The number of hydrogen-bond donors (Lipinski definition) is 1. The molecule has 1 N–H and O–H groups in total. The van der Waals surface area contributed by atoms with Crippen molar-refractivity contribution in [3.05, 3.63) is 59.7 Å². The Morgan fingerprint density at radius 2 is 1.62 bits per heavy atom. The van der Waals surface area contributed by atoms with Gasteiger partial charge < -0.3 is 14.6 Å². The van der Waals surface area contributed by atoms with Gasteiger partial charge in [-0.1, -0.05) is 36.4 Å². The van der Waals surface area contributed by atoms with E-state index in [-0.39, 0.29) is 0 Å². The quantitative estimate of drug-likeness (QED) is 0.882. The van der Waals surface area contributed by atoms with Crippen molar-refractivity contribution in [3.63, 3.8) is 0 Å². The zero-order chi connectivity index (χ0) is 15.3. The van der Waals surface area contributed by atoms with Crippen LogP contribution in [0, 0.1) is 0 Å². The molecule has 0 spiro atoms. The van der Waals surface area contributed by atoms with Gasteiger partial charge in [-0.3, -0.25) is 0 Å². The summed E-state index contributed by atoms with van der Waals surface area (Å²) < 4.78 is 10.5. The van der Waals surface area contributed by atoms with Crippen LogP contribution < -0.4 is 9.47 Å². The van der Waals surface area contributed by atoms with E-state index in [1.807, 2.05) is 43.3 Å². The van der Waals surface area contributed by atoms with Crippen LogP contribution in [0.15, 0.2) is 48.5 Å². The second-order valence-corrected chi connectivity index (χ2v) is 5.33. The predicted octanol–water partition coefficient (Wildman–Crippen LogP) is 3.54. The molecule has 1 atom stereocenters. The molecule has 0 fully saturated rings. The van der Waals surface area contributed by atoms with Gasteiger partial charge in [-0.2, -0.15) is 0 Å². The molecule has 0 saturated heterocycles. The Hall–Kier alpha value is -2.00. The minimum atomic E-state index is -0.907. The lowest BCUT2D eigenvalue weighted by Crippen LogP contribution is -2.22. The first kappa shape index (κ1) is 15.4. The Morgan fingerprint density at radius 3 is 2.24 bits per heavy atom. The molecule has 0 saturated carbocycles. The Kier molecular flexibility index (Phi) is 4.86. The van der Waals surface area contributed by atoms with Crippen LogP contribution in [0.25, 0.3) is 0 Å². The summed E-state index contributed by atoms with van der Waals surface area (Å²) in [6.45, 7) is 1.83. The van der Waals surface area contributed by atoms with Crippen LogP contribution in [0.4, 0.5) is 0 Å². The molecule has 0 aliphatic rings. The molecule has 3 nitrogen and oxygen atoms in total. The molecule has 0 aliphatic heterocycles. The largest absolute Gasteiger partial charge is 0.493 e. The molecule has 21 heavy (non-hydrogen) atoms. The monoisotopic (exact) mass is 286 g/mol. The summed E-state index contributed by atoms with van der Waals surface area (Å²) in [4.78, 5) is 0. The number of aryl methyl sites for hydroxylation is 1. The fourth-order valence-corrected chi connectivity index (χ4v) is 2.35. The highest BCUT2D eigenvalue weighted by Gasteiger charge is 2.24. The van der Waals surface area contributed by atoms with Crippen molar-refractivity contribution in [1.29, 1.82) is 0 Å². The van der Waals surface area contributed by atoms with E-state index in [2.05, 4.69) is 12.1 Å². The second kappa shape index (κ2) is 6.64. The molecule has 3 heteroatoms.